The van der Waals surface area contributed by atoms with Crippen molar-refractivity contribution in [2.24, 2.45) is 5.16 Å². The van der Waals surface area contributed by atoms with Gasteiger partial charge in [-0.2, -0.15) is 5.10 Å². The number of nitrogens with zero attached hydrogens (tertiary/aromatic N) is 3. The second kappa shape index (κ2) is 6.92. The molecule has 0 atom stereocenters. The molecule has 2 rings (SSSR count). The molecule has 112 valence electrons. The zero-order valence-corrected chi connectivity index (χ0v) is 12.7. The van der Waals surface area contributed by atoms with Crippen LogP contribution in [0.2, 0.25) is 0 Å². The van der Waals surface area contributed by atoms with Gasteiger partial charge in [0.25, 0.3) is 0 Å². The second-order valence-corrected chi connectivity index (χ2v) is 5.33. The first-order valence-corrected chi connectivity index (χ1v) is 7.02. The fourth-order valence-corrected chi connectivity index (χ4v) is 1.93. The number of rotatable bonds is 6. The van der Waals surface area contributed by atoms with E-state index in [0.717, 1.165) is 17.0 Å². The van der Waals surface area contributed by atoms with Crippen molar-refractivity contribution >= 4 is 5.71 Å². The number of ether oxygens (including phenoxy) is 1. The molecule has 5 heteroatoms. The molecule has 1 heterocycles. The van der Waals surface area contributed by atoms with Gasteiger partial charge in [0.15, 0.2) is 0 Å². The molecule has 0 saturated carbocycles. The molecule has 5 nitrogen and oxygen atoms in total. The third-order valence-corrected chi connectivity index (χ3v) is 3.13. The van der Waals surface area contributed by atoms with Crippen LogP contribution in [0.1, 0.15) is 38.1 Å². The van der Waals surface area contributed by atoms with Crippen LogP contribution in [-0.4, -0.2) is 20.7 Å². The van der Waals surface area contributed by atoms with Crippen LogP contribution in [0.5, 0.6) is 5.75 Å². The maximum absolute atomic E-state index is 8.66. The Hall–Kier alpha value is -2.30. The van der Waals surface area contributed by atoms with Crippen molar-refractivity contribution in [1.82, 2.24) is 9.78 Å². The van der Waals surface area contributed by atoms with Crippen LogP contribution in [-0.2, 0) is 13.0 Å². The summed E-state index contributed by atoms with van der Waals surface area (Å²) in [5, 5.41) is 16.3. The summed E-state index contributed by atoms with van der Waals surface area (Å²) in [5.74, 6) is 0.802. The van der Waals surface area contributed by atoms with E-state index in [2.05, 4.69) is 24.1 Å². The minimum Gasteiger partial charge on any atom is -0.487 e. The number of hydrogen-bond donors (Lipinski definition) is 1. The summed E-state index contributed by atoms with van der Waals surface area (Å²) in [5.41, 5.74) is 2.68. The van der Waals surface area contributed by atoms with Gasteiger partial charge in [0.2, 0.25) is 0 Å². The summed E-state index contributed by atoms with van der Waals surface area (Å²) in [4.78, 5) is 0. The van der Waals surface area contributed by atoms with Crippen molar-refractivity contribution in [2.75, 3.05) is 0 Å². The van der Waals surface area contributed by atoms with Crippen molar-refractivity contribution in [3.63, 3.8) is 0 Å². The van der Waals surface area contributed by atoms with E-state index in [1.54, 1.807) is 6.92 Å². The third-order valence-electron chi connectivity index (χ3n) is 3.13. The zero-order chi connectivity index (χ0) is 15.2. The summed E-state index contributed by atoms with van der Waals surface area (Å²) in [6.07, 6.45) is 2.60. The average molecular weight is 287 g/mol. The Morgan fingerprint density at radius 2 is 2.00 bits per heavy atom. The van der Waals surface area contributed by atoms with Crippen LogP contribution >= 0.6 is 0 Å². The molecule has 0 amide bonds. The maximum Gasteiger partial charge on any atom is 0.132 e. The van der Waals surface area contributed by atoms with Crippen LogP contribution in [0.15, 0.2) is 41.7 Å². The lowest BCUT2D eigenvalue weighted by molar-refractivity contribution is 0.298. The second-order valence-electron chi connectivity index (χ2n) is 5.33. The van der Waals surface area contributed by atoms with E-state index in [9.17, 15) is 0 Å². The summed E-state index contributed by atoms with van der Waals surface area (Å²) >= 11 is 0. The molecule has 21 heavy (non-hydrogen) atoms. The first kappa shape index (κ1) is 15.1. The predicted octanol–water partition coefficient (Wildman–Crippen LogP) is 3.44. The molecule has 0 radical (unpaired) electrons. The highest BCUT2D eigenvalue weighted by molar-refractivity contribution is 5.83. The molecule has 0 aliphatic carbocycles. The van der Waals surface area contributed by atoms with Gasteiger partial charge < -0.3 is 9.94 Å². The van der Waals surface area contributed by atoms with Crippen LogP contribution in [0.3, 0.4) is 0 Å². The molecule has 0 fully saturated rings. The van der Waals surface area contributed by atoms with Crippen molar-refractivity contribution < 1.29 is 9.94 Å². The maximum atomic E-state index is 8.66. The average Bonchev–Trinajstić information content (AvgIpc) is 2.95. The largest absolute Gasteiger partial charge is 0.487 e. The Bertz CT molecular complexity index is 600. The van der Waals surface area contributed by atoms with Gasteiger partial charge in [-0.15, -0.1) is 0 Å². The van der Waals surface area contributed by atoms with Crippen molar-refractivity contribution in [3.05, 3.63) is 47.8 Å². The lowest BCUT2D eigenvalue weighted by Gasteiger charge is -2.06. The van der Waals surface area contributed by atoms with E-state index < -0.39 is 0 Å². The highest BCUT2D eigenvalue weighted by Crippen LogP contribution is 2.15. The monoisotopic (exact) mass is 287 g/mol. The molecule has 1 N–H and O–H groups in total. The van der Waals surface area contributed by atoms with Gasteiger partial charge in [0.05, 0.1) is 11.4 Å². The molecule has 0 aliphatic rings. The standard InChI is InChI=1S/C16H21N3O2/c1-12(2)19-9-8-15(17-19)11-21-16-6-4-14(5-7-16)10-13(3)18-20/h4-9,12,20H,10-11H2,1-3H3/b18-13+. The molecule has 0 saturated heterocycles. The molecule has 2 aromatic rings. The van der Waals surface area contributed by atoms with Gasteiger partial charge in [-0.25, -0.2) is 0 Å². The summed E-state index contributed by atoms with van der Waals surface area (Å²) < 4.78 is 7.63. The smallest absolute Gasteiger partial charge is 0.132 e. The summed E-state index contributed by atoms with van der Waals surface area (Å²) in [6.45, 7) is 6.42. The van der Waals surface area contributed by atoms with Gasteiger partial charge in [-0.05, 0) is 44.5 Å². The normalized spacial score (nSPS) is 11.9. The van der Waals surface area contributed by atoms with Gasteiger partial charge in [0.1, 0.15) is 12.4 Å². The molecular formula is C16H21N3O2. The van der Waals surface area contributed by atoms with Crippen LogP contribution in [0.4, 0.5) is 0 Å². The first-order valence-electron chi connectivity index (χ1n) is 7.02. The summed E-state index contributed by atoms with van der Waals surface area (Å²) in [7, 11) is 0. The molecular weight excluding hydrogens is 266 g/mol. The Labute approximate surface area is 124 Å². The zero-order valence-electron chi connectivity index (χ0n) is 12.7. The Morgan fingerprint density at radius 3 is 2.57 bits per heavy atom. The number of hydrogen-bond acceptors (Lipinski definition) is 4. The predicted molar refractivity (Wildman–Crippen MR) is 82.0 cm³/mol. The highest BCUT2D eigenvalue weighted by Gasteiger charge is 2.03. The lowest BCUT2D eigenvalue weighted by atomic mass is 10.1. The van der Waals surface area contributed by atoms with Gasteiger partial charge in [-0.1, -0.05) is 17.3 Å². The van der Waals surface area contributed by atoms with Crippen molar-refractivity contribution in [1.29, 1.82) is 0 Å². The molecule has 0 bridgehead atoms. The first-order chi connectivity index (χ1) is 10.1. The van der Waals surface area contributed by atoms with E-state index >= 15 is 0 Å². The van der Waals surface area contributed by atoms with Gasteiger partial charge >= 0.3 is 0 Å². The van der Waals surface area contributed by atoms with Crippen molar-refractivity contribution in [2.45, 2.75) is 39.8 Å². The van der Waals surface area contributed by atoms with E-state index in [-0.39, 0.29) is 0 Å². The third kappa shape index (κ3) is 4.34. The Balaban J connectivity index is 1.91. The number of benzene rings is 1. The molecule has 0 spiro atoms. The highest BCUT2D eigenvalue weighted by atomic mass is 16.5. The minimum atomic E-state index is 0.356. The number of oxime groups is 1. The minimum absolute atomic E-state index is 0.356. The Morgan fingerprint density at radius 1 is 1.29 bits per heavy atom. The Kier molecular flexibility index (Phi) is 4.98. The van der Waals surface area contributed by atoms with Gasteiger partial charge in [-0.3, -0.25) is 4.68 Å². The van der Waals surface area contributed by atoms with Gasteiger partial charge in [0, 0.05) is 18.7 Å². The van der Waals surface area contributed by atoms with Crippen LogP contribution in [0.25, 0.3) is 0 Å². The molecule has 1 aromatic heterocycles. The quantitative estimate of drug-likeness (QED) is 0.503. The van der Waals surface area contributed by atoms with E-state index in [1.165, 1.54) is 0 Å². The van der Waals surface area contributed by atoms with Crippen LogP contribution < -0.4 is 4.74 Å². The van der Waals surface area contributed by atoms with E-state index in [1.807, 2.05) is 41.2 Å². The molecule has 1 aromatic carbocycles. The SMILES string of the molecule is C/C(Cc1ccc(OCc2ccn(C(C)C)n2)cc1)=N\O. The summed E-state index contributed by atoms with van der Waals surface area (Å²) in [6, 6.07) is 10.1. The van der Waals surface area contributed by atoms with Crippen LogP contribution in [0, 0.1) is 0 Å². The molecule has 0 aliphatic heterocycles. The molecule has 0 unspecified atom stereocenters. The van der Waals surface area contributed by atoms with Crippen molar-refractivity contribution in [3.8, 4) is 5.75 Å². The van der Waals surface area contributed by atoms with E-state index in [4.69, 9.17) is 9.94 Å². The van der Waals surface area contributed by atoms with E-state index in [0.29, 0.717) is 24.8 Å². The fraction of sp³-hybridized carbons (Fsp3) is 0.375. The number of aromatic nitrogens is 2. The fourth-order valence-electron chi connectivity index (χ4n) is 1.93. The topological polar surface area (TPSA) is 59.6 Å². The lowest BCUT2D eigenvalue weighted by Crippen LogP contribution is -2.03.